The Bertz CT molecular complexity index is 334. The van der Waals surface area contributed by atoms with Gasteiger partial charge in [0.05, 0.1) is 18.1 Å². The van der Waals surface area contributed by atoms with Crippen LogP contribution in [0.1, 0.15) is 31.2 Å². The third kappa shape index (κ3) is 3.98. The number of hydrogen-bond donors (Lipinski definition) is 0. The van der Waals surface area contributed by atoms with Crippen molar-refractivity contribution >= 4 is 11.6 Å². The third-order valence-electron chi connectivity index (χ3n) is 3.46. The number of alkyl halides is 1. The normalized spacial score (nSPS) is 23.4. The van der Waals surface area contributed by atoms with Crippen molar-refractivity contribution in [3.63, 3.8) is 0 Å². The second-order valence-corrected chi connectivity index (χ2v) is 5.18. The fourth-order valence-electron chi connectivity index (χ4n) is 2.39. The van der Waals surface area contributed by atoms with Gasteiger partial charge in [-0.25, -0.2) is 0 Å². The summed E-state index contributed by atoms with van der Waals surface area (Å²) in [5, 5.41) is 0. The lowest BCUT2D eigenvalue weighted by atomic mass is 9.97. The molecule has 1 saturated heterocycles. The summed E-state index contributed by atoms with van der Waals surface area (Å²) >= 11 is 6.01. The Labute approximate surface area is 114 Å². The van der Waals surface area contributed by atoms with E-state index in [0.29, 0.717) is 12.5 Å². The van der Waals surface area contributed by atoms with Crippen LogP contribution in [0.5, 0.6) is 0 Å². The highest BCUT2D eigenvalue weighted by Gasteiger charge is 2.33. The van der Waals surface area contributed by atoms with Crippen LogP contribution in [0.4, 0.5) is 0 Å². The summed E-state index contributed by atoms with van der Waals surface area (Å²) in [5.74, 6) is 0.603. The van der Waals surface area contributed by atoms with E-state index in [1.54, 1.807) is 0 Å². The van der Waals surface area contributed by atoms with Crippen LogP contribution in [0.25, 0.3) is 0 Å². The molecule has 1 atom stereocenters. The molecule has 0 spiro atoms. The lowest BCUT2D eigenvalue weighted by Crippen LogP contribution is -2.30. The number of rotatable bonds is 7. The van der Waals surface area contributed by atoms with Gasteiger partial charge in [0.25, 0.3) is 0 Å². The van der Waals surface area contributed by atoms with Crippen LogP contribution in [0, 0.1) is 0 Å². The van der Waals surface area contributed by atoms with E-state index in [0.717, 1.165) is 38.9 Å². The highest BCUT2D eigenvalue weighted by Crippen LogP contribution is 2.31. The molecule has 0 amide bonds. The molecule has 0 N–H and O–H groups in total. The van der Waals surface area contributed by atoms with Crippen molar-refractivity contribution in [1.82, 2.24) is 0 Å². The van der Waals surface area contributed by atoms with E-state index in [-0.39, 0.29) is 5.60 Å². The first-order chi connectivity index (χ1) is 8.85. The van der Waals surface area contributed by atoms with Crippen molar-refractivity contribution in [2.75, 3.05) is 19.1 Å². The summed E-state index contributed by atoms with van der Waals surface area (Å²) in [6.45, 7) is 2.32. The van der Waals surface area contributed by atoms with Gasteiger partial charge in [0.15, 0.2) is 0 Å². The van der Waals surface area contributed by atoms with Crippen molar-refractivity contribution in [2.24, 2.45) is 0 Å². The molecular formula is C15H21ClO2. The molecule has 1 aromatic carbocycles. The molecule has 0 saturated carbocycles. The molecule has 18 heavy (non-hydrogen) atoms. The van der Waals surface area contributed by atoms with Crippen LogP contribution in [-0.4, -0.2) is 24.7 Å². The topological polar surface area (TPSA) is 18.5 Å². The minimum absolute atomic E-state index is 0.0718. The molecule has 1 heterocycles. The number of hydrogen-bond acceptors (Lipinski definition) is 2. The molecule has 0 aromatic heterocycles. The zero-order valence-corrected chi connectivity index (χ0v) is 11.5. The van der Waals surface area contributed by atoms with Crippen LogP contribution >= 0.6 is 11.6 Å². The number of halogens is 1. The van der Waals surface area contributed by atoms with Gasteiger partial charge in [-0.3, -0.25) is 0 Å². The third-order valence-corrected chi connectivity index (χ3v) is 3.95. The van der Waals surface area contributed by atoms with Crippen molar-refractivity contribution in [3.8, 4) is 0 Å². The fourth-order valence-corrected chi connectivity index (χ4v) is 2.73. The second kappa shape index (κ2) is 7.13. The van der Waals surface area contributed by atoms with Gasteiger partial charge in [-0.1, -0.05) is 30.3 Å². The van der Waals surface area contributed by atoms with E-state index in [2.05, 4.69) is 12.1 Å². The van der Waals surface area contributed by atoms with Gasteiger partial charge in [-0.05, 0) is 31.2 Å². The summed E-state index contributed by atoms with van der Waals surface area (Å²) < 4.78 is 11.4. The Balaban J connectivity index is 1.61. The van der Waals surface area contributed by atoms with Gasteiger partial charge >= 0.3 is 0 Å². The monoisotopic (exact) mass is 268 g/mol. The van der Waals surface area contributed by atoms with Crippen LogP contribution in [0.15, 0.2) is 30.3 Å². The zero-order valence-electron chi connectivity index (χ0n) is 10.7. The van der Waals surface area contributed by atoms with Crippen molar-refractivity contribution in [2.45, 2.75) is 37.9 Å². The highest BCUT2D eigenvalue weighted by molar-refractivity contribution is 6.18. The molecule has 1 aliphatic heterocycles. The second-order valence-electron chi connectivity index (χ2n) is 4.91. The minimum Gasteiger partial charge on any atom is -0.377 e. The maximum absolute atomic E-state index is 6.01. The molecule has 2 rings (SSSR count). The molecule has 0 radical (unpaired) electrons. The first kappa shape index (κ1) is 13.9. The lowest BCUT2D eigenvalue weighted by molar-refractivity contribution is 0.00621. The first-order valence-electron chi connectivity index (χ1n) is 6.66. The van der Waals surface area contributed by atoms with Crippen LogP contribution in [0.3, 0.4) is 0 Å². The summed E-state index contributed by atoms with van der Waals surface area (Å²) in [6.07, 6.45) is 4.25. The Hall–Kier alpha value is -0.570. The average Bonchev–Trinajstić information content (AvgIpc) is 2.89. The van der Waals surface area contributed by atoms with E-state index >= 15 is 0 Å². The molecule has 1 unspecified atom stereocenters. The van der Waals surface area contributed by atoms with Crippen LogP contribution < -0.4 is 0 Å². The SMILES string of the molecule is ClCC1(CCCOCc2ccccc2)CCCO1. The Morgan fingerprint density at radius 2 is 2.11 bits per heavy atom. The summed E-state index contributed by atoms with van der Waals surface area (Å²) in [7, 11) is 0. The van der Waals surface area contributed by atoms with Crippen molar-refractivity contribution in [1.29, 1.82) is 0 Å². The molecule has 3 heteroatoms. The van der Waals surface area contributed by atoms with E-state index in [1.165, 1.54) is 5.56 Å². The van der Waals surface area contributed by atoms with E-state index in [4.69, 9.17) is 21.1 Å². The summed E-state index contributed by atoms with van der Waals surface area (Å²) in [4.78, 5) is 0. The molecule has 0 aliphatic carbocycles. The van der Waals surface area contributed by atoms with Gasteiger partial charge in [-0.15, -0.1) is 11.6 Å². The predicted octanol–water partition coefficient (Wildman–Crippen LogP) is 3.77. The standard InChI is InChI=1S/C15H21ClO2/c16-13-15(9-5-11-18-15)8-4-10-17-12-14-6-2-1-3-7-14/h1-3,6-7H,4-5,8-13H2. The van der Waals surface area contributed by atoms with E-state index in [1.807, 2.05) is 18.2 Å². The first-order valence-corrected chi connectivity index (χ1v) is 7.20. The summed E-state index contributed by atoms with van der Waals surface area (Å²) in [6, 6.07) is 10.3. The molecule has 0 bridgehead atoms. The Kier molecular flexibility index (Phi) is 5.48. The maximum atomic E-state index is 6.01. The summed E-state index contributed by atoms with van der Waals surface area (Å²) in [5.41, 5.74) is 1.15. The Morgan fingerprint density at radius 1 is 1.28 bits per heavy atom. The van der Waals surface area contributed by atoms with Crippen molar-refractivity contribution < 1.29 is 9.47 Å². The largest absolute Gasteiger partial charge is 0.377 e. The molecular weight excluding hydrogens is 248 g/mol. The molecule has 100 valence electrons. The van der Waals surface area contributed by atoms with Gasteiger partial charge in [0, 0.05) is 13.2 Å². The van der Waals surface area contributed by atoms with Crippen molar-refractivity contribution in [3.05, 3.63) is 35.9 Å². The van der Waals surface area contributed by atoms with E-state index < -0.39 is 0 Å². The van der Waals surface area contributed by atoms with Gasteiger partial charge in [0.2, 0.25) is 0 Å². The fraction of sp³-hybridized carbons (Fsp3) is 0.600. The highest BCUT2D eigenvalue weighted by atomic mass is 35.5. The molecule has 1 aliphatic rings. The van der Waals surface area contributed by atoms with Crippen LogP contribution in [0.2, 0.25) is 0 Å². The number of ether oxygens (including phenoxy) is 2. The smallest absolute Gasteiger partial charge is 0.0818 e. The molecule has 1 aromatic rings. The molecule has 2 nitrogen and oxygen atoms in total. The number of benzene rings is 1. The zero-order chi connectivity index (χ0) is 12.7. The Morgan fingerprint density at radius 3 is 2.78 bits per heavy atom. The predicted molar refractivity (Wildman–Crippen MR) is 74.0 cm³/mol. The molecule has 1 fully saturated rings. The average molecular weight is 269 g/mol. The maximum Gasteiger partial charge on any atom is 0.0818 e. The van der Waals surface area contributed by atoms with Gasteiger partial charge < -0.3 is 9.47 Å². The lowest BCUT2D eigenvalue weighted by Gasteiger charge is -2.25. The quantitative estimate of drug-likeness (QED) is 0.554. The minimum atomic E-state index is -0.0718. The van der Waals surface area contributed by atoms with Crippen LogP contribution in [-0.2, 0) is 16.1 Å². The van der Waals surface area contributed by atoms with Gasteiger partial charge in [0.1, 0.15) is 0 Å². The van der Waals surface area contributed by atoms with Gasteiger partial charge in [-0.2, -0.15) is 0 Å². The van der Waals surface area contributed by atoms with E-state index in [9.17, 15) is 0 Å².